The van der Waals surface area contributed by atoms with E-state index < -0.39 is 11.6 Å². The van der Waals surface area contributed by atoms with Gasteiger partial charge in [0.1, 0.15) is 11.6 Å². The van der Waals surface area contributed by atoms with Crippen molar-refractivity contribution in [1.29, 1.82) is 0 Å². The molecule has 0 aliphatic carbocycles. The van der Waals surface area contributed by atoms with Crippen LogP contribution < -0.4 is 5.73 Å². The lowest BCUT2D eigenvalue weighted by Gasteiger charge is -2.36. The summed E-state index contributed by atoms with van der Waals surface area (Å²) in [4.78, 5) is 2.03. The molecule has 1 saturated heterocycles. The summed E-state index contributed by atoms with van der Waals surface area (Å²) in [7, 11) is 0. The molecule has 1 heterocycles. The van der Waals surface area contributed by atoms with Gasteiger partial charge in [0.2, 0.25) is 0 Å². The lowest BCUT2D eigenvalue weighted by atomic mass is 10.1. The lowest BCUT2D eigenvalue weighted by molar-refractivity contribution is 0.140. The van der Waals surface area contributed by atoms with Gasteiger partial charge in [0, 0.05) is 37.3 Å². The molecule has 2 N–H and O–H groups in total. The van der Waals surface area contributed by atoms with Crippen molar-refractivity contribution in [2.24, 2.45) is 5.73 Å². The van der Waals surface area contributed by atoms with Gasteiger partial charge in [0.05, 0.1) is 0 Å². The van der Waals surface area contributed by atoms with E-state index >= 15 is 0 Å². The van der Waals surface area contributed by atoms with Gasteiger partial charge in [-0.15, -0.1) is 0 Å². The Morgan fingerprint density at radius 1 is 1.36 bits per heavy atom. The number of rotatable bonds is 2. The third-order valence-electron chi connectivity index (χ3n) is 2.39. The van der Waals surface area contributed by atoms with Crippen LogP contribution in [0.25, 0.3) is 0 Å². The highest BCUT2D eigenvalue weighted by Crippen LogP contribution is 2.15. The minimum absolute atomic E-state index is 0.207. The van der Waals surface area contributed by atoms with Gasteiger partial charge in [-0.25, -0.2) is 8.78 Å². The van der Waals surface area contributed by atoms with Crippen molar-refractivity contribution in [3.05, 3.63) is 35.4 Å². The molecule has 0 aromatic heterocycles. The molecule has 1 aromatic rings. The molecule has 14 heavy (non-hydrogen) atoms. The topological polar surface area (TPSA) is 29.3 Å². The summed E-state index contributed by atoms with van der Waals surface area (Å²) in [5.74, 6) is -1.02. The third kappa shape index (κ3) is 1.91. The van der Waals surface area contributed by atoms with Crippen molar-refractivity contribution in [3.8, 4) is 0 Å². The Kier molecular flexibility index (Phi) is 2.48. The number of nitrogens with two attached hydrogens (primary N) is 1. The first kappa shape index (κ1) is 9.55. The summed E-state index contributed by atoms with van der Waals surface area (Å²) in [5, 5.41) is 0. The maximum absolute atomic E-state index is 13.2. The van der Waals surface area contributed by atoms with Crippen molar-refractivity contribution in [3.63, 3.8) is 0 Å². The molecule has 76 valence electrons. The molecule has 2 rings (SSSR count). The van der Waals surface area contributed by atoms with Gasteiger partial charge in [-0.3, -0.25) is 4.90 Å². The average Bonchev–Trinajstić information content (AvgIpc) is 2.06. The molecule has 1 aliphatic rings. The Hall–Kier alpha value is -1.00. The van der Waals surface area contributed by atoms with Crippen LogP contribution in [0, 0.1) is 11.6 Å². The molecule has 0 bridgehead atoms. The zero-order valence-corrected chi connectivity index (χ0v) is 7.71. The highest BCUT2D eigenvalue weighted by molar-refractivity contribution is 5.18. The average molecular weight is 198 g/mol. The van der Waals surface area contributed by atoms with E-state index in [9.17, 15) is 8.78 Å². The largest absolute Gasteiger partial charge is 0.325 e. The number of likely N-dealkylation sites (tertiary alicyclic amines) is 1. The highest BCUT2D eigenvalue weighted by atomic mass is 19.1. The van der Waals surface area contributed by atoms with Gasteiger partial charge in [-0.1, -0.05) is 6.07 Å². The highest BCUT2D eigenvalue weighted by Gasteiger charge is 2.23. The second kappa shape index (κ2) is 3.63. The molecule has 0 amide bonds. The van der Waals surface area contributed by atoms with Gasteiger partial charge >= 0.3 is 0 Å². The quantitative estimate of drug-likeness (QED) is 0.771. The molecule has 0 spiro atoms. The van der Waals surface area contributed by atoms with Crippen LogP contribution in [-0.4, -0.2) is 24.0 Å². The van der Waals surface area contributed by atoms with Crippen molar-refractivity contribution >= 4 is 0 Å². The number of halogens is 2. The molecule has 1 aliphatic heterocycles. The number of hydrogen-bond acceptors (Lipinski definition) is 2. The SMILES string of the molecule is NC1CN(Cc2ccc(F)cc2F)C1. The second-order valence-electron chi connectivity index (χ2n) is 3.69. The number of hydrogen-bond donors (Lipinski definition) is 1. The minimum atomic E-state index is -0.536. The minimum Gasteiger partial charge on any atom is -0.325 e. The van der Waals surface area contributed by atoms with E-state index in [-0.39, 0.29) is 6.04 Å². The molecule has 0 atom stereocenters. The van der Waals surface area contributed by atoms with Crippen molar-refractivity contribution in [2.45, 2.75) is 12.6 Å². The van der Waals surface area contributed by atoms with E-state index in [4.69, 9.17) is 5.73 Å². The van der Waals surface area contributed by atoms with Crippen molar-refractivity contribution in [1.82, 2.24) is 4.90 Å². The van der Waals surface area contributed by atoms with Gasteiger partial charge in [0.25, 0.3) is 0 Å². The fourth-order valence-electron chi connectivity index (χ4n) is 1.63. The fraction of sp³-hybridized carbons (Fsp3) is 0.400. The Morgan fingerprint density at radius 3 is 2.64 bits per heavy atom. The number of benzene rings is 1. The van der Waals surface area contributed by atoms with Gasteiger partial charge in [-0.05, 0) is 6.07 Å². The first-order valence-electron chi connectivity index (χ1n) is 4.57. The summed E-state index contributed by atoms with van der Waals surface area (Å²) in [6, 6.07) is 3.88. The molecule has 1 fully saturated rings. The predicted octanol–water partition coefficient (Wildman–Crippen LogP) is 1.11. The first-order valence-corrected chi connectivity index (χ1v) is 4.57. The standard InChI is InChI=1S/C10H12F2N2/c11-8-2-1-7(10(12)3-8)4-14-5-9(13)6-14/h1-3,9H,4-6,13H2. The summed E-state index contributed by atoms with van der Waals surface area (Å²) >= 11 is 0. The summed E-state index contributed by atoms with van der Waals surface area (Å²) in [6.07, 6.45) is 0. The van der Waals surface area contributed by atoms with Crippen molar-refractivity contribution in [2.75, 3.05) is 13.1 Å². The van der Waals surface area contributed by atoms with Gasteiger partial charge in [-0.2, -0.15) is 0 Å². The van der Waals surface area contributed by atoms with Gasteiger partial charge in [0.15, 0.2) is 0 Å². The molecule has 0 unspecified atom stereocenters. The van der Waals surface area contributed by atoms with Crippen molar-refractivity contribution < 1.29 is 8.78 Å². The lowest BCUT2D eigenvalue weighted by Crippen LogP contribution is -2.54. The predicted molar refractivity (Wildman–Crippen MR) is 49.6 cm³/mol. The maximum atomic E-state index is 13.2. The van der Waals surface area contributed by atoms with E-state index in [1.165, 1.54) is 12.1 Å². The van der Waals surface area contributed by atoms with Crippen LogP contribution in [0.5, 0.6) is 0 Å². The zero-order valence-electron chi connectivity index (χ0n) is 7.71. The molecule has 2 nitrogen and oxygen atoms in total. The molecular weight excluding hydrogens is 186 g/mol. The van der Waals surface area contributed by atoms with Crippen LogP contribution in [0.4, 0.5) is 8.78 Å². The van der Waals surface area contributed by atoms with Crippen LogP contribution in [0.3, 0.4) is 0 Å². The van der Waals surface area contributed by atoms with E-state index in [0.717, 1.165) is 19.2 Å². The molecular formula is C10H12F2N2. The van der Waals surface area contributed by atoms with Crippen LogP contribution in [0.2, 0.25) is 0 Å². The second-order valence-corrected chi connectivity index (χ2v) is 3.69. The van der Waals surface area contributed by atoms with Crippen LogP contribution in [0.1, 0.15) is 5.56 Å². The molecule has 0 saturated carbocycles. The Balaban J connectivity index is 2.02. The van der Waals surface area contributed by atoms with E-state index in [2.05, 4.69) is 0 Å². The van der Waals surface area contributed by atoms with Gasteiger partial charge < -0.3 is 5.73 Å². The number of nitrogens with zero attached hydrogens (tertiary/aromatic N) is 1. The van der Waals surface area contributed by atoms with Crippen LogP contribution in [-0.2, 0) is 6.54 Å². The Bertz CT molecular complexity index is 335. The van der Waals surface area contributed by atoms with E-state index in [1.54, 1.807) is 0 Å². The zero-order chi connectivity index (χ0) is 10.1. The summed E-state index contributed by atoms with van der Waals surface area (Å²) < 4.78 is 25.7. The van der Waals surface area contributed by atoms with E-state index in [1.807, 2.05) is 4.90 Å². The molecule has 1 aromatic carbocycles. The summed E-state index contributed by atoms with van der Waals surface area (Å²) in [6.45, 7) is 2.09. The molecule has 4 heteroatoms. The maximum Gasteiger partial charge on any atom is 0.130 e. The van der Waals surface area contributed by atoms with E-state index in [0.29, 0.717) is 12.1 Å². The Morgan fingerprint density at radius 2 is 2.07 bits per heavy atom. The normalized spacial score (nSPS) is 18.2. The Labute approximate surface area is 81.3 Å². The van der Waals surface area contributed by atoms with Crippen LogP contribution in [0.15, 0.2) is 18.2 Å². The third-order valence-corrected chi connectivity index (χ3v) is 2.39. The van der Waals surface area contributed by atoms with Crippen LogP contribution >= 0.6 is 0 Å². The smallest absolute Gasteiger partial charge is 0.130 e. The summed E-state index contributed by atoms with van der Waals surface area (Å²) in [5.41, 5.74) is 6.12. The first-order chi connectivity index (χ1) is 6.65. The molecule has 0 radical (unpaired) electrons. The monoisotopic (exact) mass is 198 g/mol. The fourth-order valence-corrected chi connectivity index (χ4v) is 1.63.